The molecule has 7 heteroatoms. The van der Waals surface area contributed by atoms with E-state index in [4.69, 9.17) is 4.74 Å². The van der Waals surface area contributed by atoms with Crippen LogP contribution in [-0.4, -0.2) is 39.9 Å². The number of aromatic nitrogens is 3. The van der Waals surface area contributed by atoms with Crippen molar-refractivity contribution in [2.45, 2.75) is 26.1 Å². The van der Waals surface area contributed by atoms with Crippen molar-refractivity contribution >= 4 is 44.0 Å². The summed E-state index contributed by atoms with van der Waals surface area (Å²) in [5.41, 5.74) is 0. The zero-order valence-electron chi connectivity index (χ0n) is 9.63. The molecule has 0 bridgehead atoms. The number of halogens is 1. The normalized spacial score (nSPS) is 25.7. The summed E-state index contributed by atoms with van der Waals surface area (Å²) in [6.07, 6.45) is 2.36. The maximum Gasteiger partial charge on any atom is 0.214 e. The standard InChI is InChI=1S/C10H13IN4OS/c1-6-4-14(5-7(2)16-6)10-13-15-8(11)3-12-9(15)17-10/h3,6-7H,4-5H2,1-2H3/t6-,7+. The fourth-order valence-electron chi connectivity index (χ4n) is 2.12. The number of rotatable bonds is 1. The van der Waals surface area contributed by atoms with Gasteiger partial charge in [-0.2, -0.15) is 4.52 Å². The number of nitrogens with zero attached hydrogens (tertiary/aromatic N) is 4. The van der Waals surface area contributed by atoms with Crippen LogP contribution >= 0.6 is 33.9 Å². The molecule has 0 aliphatic carbocycles. The second kappa shape index (κ2) is 4.36. The fourth-order valence-corrected chi connectivity index (χ4v) is 3.65. The van der Waals surface area contributed by atoms with E-state index in [0.717, 1.165) is 26.9 Å². The Bertz CT molecular complexity index is 529. The van der Waals surface area contributed by atoms with Crippen molar-refractivity contribution in [3.8, 4) is 0 Å². The topological polar surface area (TPSA) is 42.7 Å². The minimum absolute atomic E-state index is 0.258. The molecule has 3 heterocycles. The van der Waals surface area contributed by atoms with E-state index >= 15 is 0 Å². The highest BCUT2D eigenvalue weighted by Crippen LogP contribution is 2.26. The second-order valence-electron chi connectivity index (χ2n) is 4.32. The van der Waals surface area contributed by atoms with Gasteiger partial charge in [0.05, 0.1) is 18.4 Å². The summed E-state index contributed by atoms with van der Waals surface area (Å²) >= 11 is 3.88. The minimum Gasteiger partial charge on any atom is -0.372 e. The van der Waals surface area contributed by atoms with E-state index in [1.54, 1.807) is 11.3 Å². The van der Waals surface area contributed by atoms with Gasteiger partial charge < -0.3 is 9.64 Å². The number of fused-ring (bicyclic) bond motifs is 1. The Morgan fingerprint density at radius 3 is 2.76 bits per heavy atom. The van der Waals surface area contributed by atoms with Gasteiger partial charge in [-0.1, -0.05) is 11.3 Å². The van der Waals surface area contributed by atoms with Crippen LogP contribution in [0, 0.1) is 3.70 Å². The molecule has 0 N–H and O–H groups in total. The third-order valence-electron chi connectivity index (χ3n) is 2.72. The molecule has 0 unspecified atom stereocenters. The third kappa shape index (κ3) is 2.15. The van der Waals surface area contributed by atoms with Crippen LogP contribution < -0.4 is 4.90 Å². The van der Waals surface area contributed by atoms with Gasteiger partial charge in [-0.25, -0.2) is 4.98 Å². The number of imidazole rings is 1. The summed E-state index contributed by atoms with van der Waals surface area (Å²) in [5.74, 6) is 0. The van der Waals surface area contributed by atoms with E-state index in [1.165, 1.54) is 0 Å². The molecule has 2 atom stereocenters. The van der Waals surface area contributed by atoms with Gasteiger partial charge in [0.1, 0.15) is 3.70 Å². The zero-order chi connectivity index (χ0) is 12.0. The first-order valence-electron chi connectivity index (χ1n) is 5.54. The van der Waals surface area contributed by atoms with E-state index < -0.39 is 0 Å². The quantitative estimate of drug-likeness (QED) is 0.727. The Morgan fingerprint density at radius 1 is 1.41 bits per heavy atom. The molecule has 5 nitrogen and oxygen atoms in total. The molecule has 0 radical (unpaired) electrons. The summed E-state index contributed by atoms with van der Waals surface area (Å²) in [4.78, 5) is 7.57. The van der Waals surface area contributed by atoms with Crippen LogP contribution in [0.4, 0.5) is 5.13 Å². The zero-order valence-corrected chi connectivity index (χ0v) is 12.6. The van der Waals surface area contributed by atoms with Gasteiger partial charge in [-0.15, -0.1) is 5.10 Å². The molecule has 1 aliphatic heterocycles. The monoisotopic (exact) mass is 364 g/mol. The molecule has 0 aromatic carbocycles. The molecule has 2 aromatic rings. The van der Waals surface area contributed by atoms with Gasteiger partial charge >= 0.3 is 0 Å². The summed E-state index contributed by atoms with van der Waals surface area (Å²) in [6, 6.07) is 0. The Hall–Kier alpha value is -0.410. The Balaban J connectivity index is 1.92. The van der Waals surface area contributed by atoms with E-state index in [1.807, 2.05) is 10.7 Å². The maximum atomic E-state index is 5.73. The van der Waals surface area contributed by atoms with Crippen molar-refractivity contribution in [2.75, 3.05) is 18.0 Å². The van der Waals surface area contributed by atoms with Crippen molar-refractivity contribution in [1.29, 1.82) is 0 Å². The molecule has 92 valence electrons. The number of ether oxygens (including phenoxy) is 1. The smallest absolute Gasteiger partial charge is 0.214 e. The van der Waals surface area contributed by atoms with Crippen LogP contribution in [0.3, 0.4) is 0 Å². The molecule has 1 aliphatic rings. The molecular formula is C10H13IN4OS. The Morgan fingerprint density at radius 2 is 2.12 bits per heavy atom. The molecule has 0 spiro atoms. The van der Waals surface area contributed by atoms with Crippen molar-refractivity contribution < 1.29 is 4.74 Å². The predicted molar refractivity (Wildman–Crippen MR) is 75.8 cm³/mol. The van der Waals surface area contributed by atoms with Gasteiger partial charge in [0.25, 0.3) is 0 Å². The number of hydrogen-bond donors (Lipinski definition) is 0. The average molecular weight is 364 g/mol. The van der Waals surface area contributed by atoms with Crippen LogP contribution in [0.2, 0.25) is 0 Å². The number of hydrogen-bond acceptors (Lipinski definition) is 5. The van der Waals surface area contributed by atoms with E-state index in [9.17, 15) is 0 Å². The SMILES string of the molecule is C[C@@H]1CN(c2nn3c(I)cnc3s2)C[C@H](C)O1. The van der Waals surface area contributed by atoms with Crippen LogP contribution in [-0.2, 0) is 4.74 Å². The second-order valence-corrected chi connectivity index (χ2v) is 6.36. The van der Waals surface area contributed by atoms with Crippen molar-refractivity contribution in [2.24, 2.45) is 0 Å². The lowest BCUT2D eigenvalue weighted by molar-refractivity contribution is -0.00527. The Kier molecular flexibility index (Phi) is 2.99. The molecule has 0 amide bonds. The summed E-state index contributed by atoms with van der Waals surface area (Å²) in [7, 11) is 0. The summed E-state index contributed by atoms with van der Waals surface area (Å²) in [6.45, 7) is 6.01. The maximum absolute atomic E-state index is 5.73. The van der Waals surface area contributed by atoms with Gasteiger partial charge in [0.15, 0.2) is 0 Å². The van der Waals surface area contributed by atoms with E-state index in [0.29, 0.717) is 0 Å². The van der Waals surface area contributed by atoms with Crippen molar-refractivity contribution in [1.82, 2.24) is 14.6 Å². The first kappa shape index (κ1) is 11.7. The first-order chi connectivity index (χ1) is 8.13. The molecule has 0 saturated carbocycles. The molecule has 2 aromatic heterocycles. The van der Waals surface area contributed by atoms with Gasteiger partial charge in [0.2, 0.25) is 10.1 Å². The van der Waals surface area contributed by atoms with Crippen LogP contribution in [0.5, 0.6) is 0 Å². The molecular weight excluding hydrogens is 351 g/mol. The van der Waals surface area contributed by atoms with Crippen LogP contribution in [0.15, 0.2) is 6.20 Å². The lowest BCUT2D eigenvalue weighted by atomic mass is 10.2. The lowest BCUT2D eigenvalue weighted by Crippen LogP contribution is -2.45. The van der Waals surface area contributed by atoms with Crippen molar-refractivity contribution in [3.05, 3.63) is 9.90 Å². The number of anilines is 1. The predicted octanol–water partition coefficient (Wildman–Crippen LogP) is 2.01. The molecule has 3 rings (SSSR count). The third-order valence-corrected chi connectivity index (χ3v) is 4.44. The molecule has 1 fully saturated rings. The van der Waals surface area contributed by atoms with Crippen molar-refractivity contribution in [3.63, 3.8) is 0 Å². The van der Waals surface area contributed by atoms with Gasteiger partial charge in [0, 0.05) is 13.1 Å². The first-order valence-corrected chi connectivity index (χ1v) is 7.43. The summed E-state index contributed by atoms with van der Waals surface area (Å²) < 4.78 is 8.67. The minimum atomic E-state index is 0.258. The van der Waals surface area contributed by atoms with Gasteiger partial charge in [-0.05, 0) is 36.4 Å². The number of morpholine rings is 1. The molecule has 1 saturated heterocycles. The highest BCUT2D eigenvalue weighted by Gasteiger charge is 2.25. The van der Waals surface area contributed by atoms with E-state index in [2.05, 4.69) is 51.4 Å². The highest BCUT2D eigenvalue weighted by atomic mass is 127. The van der Waals surface area contributed by atoms with Crippen LogP contribution in [0.25, 0.3) is 4.96 Å². The summed E-state index contributed by atoms with van der Waals surface area (Å²) in [5, 5.41) is 5.64. The van der Waals surface area contributed by atoms with Gasteiger partial charge in [-0.3, -0.25) is 0 Å². The molecule has 17 heavy (non-hydrogen) atoms. The average Bonchev–Trinajstić information content (AvgIpc) is 2.80. The Labute approximate surface area is 117 Å². The lowest BCUT2D eigenvalue weighted by Gasteiger charge is -2.34. The largest absolute Gasteiger partial charge is 0.372 e. The highest BCUT2D eigenvalue weighted by molar-refractivity contribution is 14.1. The van der Waals surface area contributed by atoms with E-state index in [-0.39, 0.29) is 12.2 Å². The fraction of sp³-hybridized carbons (Fsp3) is 0.600. The van der Waals surface area contributed by atoms with Crippen LogP contribution in [0.1, 0.15) is 13.8 Å².